The summed E-state index contributed by atoms with van der Waals surface area (Å²) in [4.78, 5) is 25.7. The van der Waals surface area contributed by atoms with Crippen LogP contribution in [0.3, 0.4) is 0 Å². The minimum absolute atomic E-state index is 0.0398. The Balaban J connectivity index is 1.12. The molecule has 222 valence electrons. The fourth-order valence-electron chi connectivity index (χ4n) is 5.32. The molecular weight excluding hydrogens is 587 g/mol. The first-order valence-electron chi connectivity index (χ1n) is 14.0. The molecule has 0 bridgehead atoms. The van der Waals surface area contributed by atoms with Gasteiger partial charge in [0.25, 0.3) is 0 Å². The summed E-state index contributed by atoms with van der Waals surface area (Å²) in [5.41, 5.74) is 4.87. The molecular formula is C33H26ClFN4O5. The highest BCUT2D eigenvalue weighted by Crippen LogP contribution is 2.29. The molecule has 1 fully saturated rings. The van der Waals surface area contributed by atoms with E-state index in [9.17, 15) is 4.79 Å². The normalized spacial score (nSPS) is 14.6. The molecule has 6 aromatic rings. The molecule has 1 atom stereocenters. The number of halogens is 2. The third kappa shape index (κ3) is 5.38. The first-order valence-corrected chi connectivity index (χ1v) is 14.4. The second-order valence-electron chi connectivity index (χ2n) is 10.5. The summed E-state index contributed by atoms with van der Waals surface area (Å²) in [5, 5.41) is 1.41. The number of hydrogen-bond acceptors (Lipinski definition) is 8. The number of fused-ring (bicyclic) bond motifs is 2. The maximum Gasteiger partial charge on any atom is 0.337 e. The van der Waals surface area contributed by atoms with Crippen LogP contribution < -0.4 is 4.74 Å². The summed E-state index contributed by atoms with van der Waals surface area (Å²) in [6.45, 7) is 1.46. The topological polar surface area (TPSA) is 102 Å². The summed E-state index contributed by atoms with van der Waals surface area (Å²) >= 11 is 6.24. The van der Waals surface area contributed by atoms with Gasteiger partial charge in [-0.25, -0.2) is 19.2 Å². The lowest BCUT2D eigenvalue weighted by Gasteiger charge is -2.27. The van der Waals surface area contributed by atoms with Gasteiger partial charge in [-0.3, -0.25) is 4.98 Å². The standard InChI is InChI=1S/C33H26ClFN4O5/c1-41-33(40)21-5-7-27-29(13-21)39(17-23-8-10-42-23)30(37-27)14-19-2-3-20(12-26(19)35)28-15-36-16-31(38-28)44-18-22-4-6-25(34)24-9-11-43-32(22)24/h2-7,9,11-13,15-16,23H,8,10,14,17-18H2,1H3/t23-/m0/s1. The number of carbonyl (C=O) groups is 1. The second kappa shape index (κ2) is 11.7. The Morgan fingerprint density at radius 2 is 1.95 bits per heavy atom. The summed E-state index contributed by atoms with van der Waals surface area (Å²) < 4.78 is 39.6. The van der Waals surface area contributed by atoms with Gasteiger partial charge in [0.05, 0.1) is 65.7 Å². The van der Waals surface area contributed by atoms with Crippen molar-refractivity contribution in [3.8, 4) is 17.1 Å². The van der Waals surface area contributed by atoms with Gasteiger partial charge >= 0.3 is 5.97 Å². The first kappa shape index (κ1) is 28.0. The molecule has 0 saturated carbocycles. The van der Waals surface area contributed by atoms with Crippen LogP contribution in [0, 0.1) is 5.82 Å². The minimum atomic E-state index is -0.430. The van der Waals surface area contributed by atoms with E-state index in [1.54, 1.807) is 54.9 Å². The monoisotopic (exact) mass is 612 g/mol. The smallest absolute Gasteiger partial charge is 0.337 e. The highest BCUT2D eigenvalue weighted by Gasteiger charge is 2.23. The third-order valence-corrected chi connectivity index (χ3v) is 8.09. The lowest BCUT2D eigenvalue weighted by molar-refractivity contribution is -0.0589. The van der Waals surface area contributed by atoms with E-state index in [-0.39, 0.29) is 19.1 Å². The maximum absolute atomic E-state index is 15.6. The molecule has 1 aliphatic heterocycles. The van der Waals surface area contributed by atoms with Crippen LogP contribution in [0.25, 0.3) is 33.3 Å². The van der Waals surface area contributed by atoms with Gasteiger partial charge in [-0.15, -0.1) is 0 Å². The van der Waals surface area contributed by atoms with Crippen LogP contribution in [0.4, 0.5) is 4.39 Å². The SMILES string of the molecule is COC(=O)c1ccc2nc(Cc3ccc(-c4cncc(OCc5ccc(Cl)c6ccoc56)n4)cc3F)n(C[C@@H]3CCO3)c2c1. The maximum atomic E-state index is 15.6. The van der Waals surface area contributed by atoms with Gasteiger partial charge in [-0.1, -0.05) is 29.8 Å². The lowest BCUT2D eigenvalue weighted by Crippen LogP contribution is -2.31. The van der Waals surface area contributed by atoms with E-state index < -0.39 is 11.8 Å². The first-order chi connectivity index (χ1) is 21.5. The summed E-state index contributed by atoms with van der Waals surface area (Å²) in [6.07, 6.45) is 5.86. The Hall–Kier alpha value is -4.80. The van der Waals surface area contributed by atoms with Crippen molar-refractivity contribution < 1.29 is 27.8 Å². The molecule has 0 radical (unpaired) electrons. The van der Waals surface area contributed by atoms with Crippen LogP contribution in [-0.2, 0) is 29.0 Å². The number of hydrogen-bond donors (Lipinski definition) is 0. The van der Waals surface area contributed by atoms with Crippen molar-refractivity contribution in [1.29, 1.82) is 0 Å². The molecule has 1 saturated heterocycles. The molecule has 0 amide bonds. The molecule has 3 aromatic carbocycles. The number of imidazole rings is 1. The van der Waals surface area contributed by atoms with E-state index in [2.05, 4.69) is 9.97 Å². The molecule has 44 heavy (non-hydrogen) atoms. The number of furan rings is 1. The molecule has 0 N–H and O–H groups in total. The molecule has 0 aliphatic carbocycles. The second-order valence-corrected chi connectivity index (χ2v) is 10.9. The van der Waals surface area contributed by atoms with E-state index in [0.717, 1.165) is 22.9 Å². The fraction of sp³-hybridized carbons (Fsp3) is 0.212. The predicted octanol–water partition coefficient (Wildman–Crippen LogP) is 6.78. The van der Waals surface area contributed by atoms with E-state index in [4.69, 9.17) is 35.2 Å². The van der Waals surface area contributed by atoms with Gasteiger partial charge in [-0.05, 0) is 48.4 Å². The summed E-state index contributed by atoms with van der Waals surface area (Å²) in [7, 11) is 1.35. The number of carbonyl (C=O) groups excluding carboxylic acids is 1. The average molecular weight is 613 g/mol. The number of esters is 1. The number of benzene rings is 3. The van der Waals surface area contributed by atoms with E-state index in [0.29, 0.717) is 63.4 Å². The van der Waals surface area contributed by atoms with Gasteiger partial charge in [0, 0.05) is 29.5 Å². The van der Waals surface area contributed by atoms with Crippen molar-refractivity contribution in [2.75, 3.05) is 13.7 Å². The van der Waals surface area contributed by atoms with Crippen LogP contribution in [0.5, 0.6) is 5.88 Å². The molecule has 1 aliphatic rings. The highest BCUT2D eigenvalue weighted by atomic mass is 35.5. The lowest BCUT2D eigenvalue weighted by atomic mass is 10.1. The Bertz CT molecular complexity index is 2020. The number of ether oxygens (including phenoxy) is 3. The Morgan fingerprint density at radius 1 is 1.09 bits per heavy atom. The van der Waals surface area contributed by atoms with Crippen LogP contribution in [-0.4, -0.2) is 45.3 Å². The Labute approximate surface area is 256 Å². The number of aromatic nitrogens is 4. The van der Waals surface area contributed by atoms with Gasteiger partial charge in [0.15, 0.2) is 0 Å². The van der Waals surface area contributed by atoms with Crippen molar-refractivity contribution in [3.63, 3.8) is 0 Å². The predicted molar refractivity (Wildman–Crippen MR) is 161 cm³/mol. The number of rotatable bonds is 9. The van der Waals surface area contributed by atoms with Crippen LogP contribution in [0.2, 0.25) is 5.02 Å². The Kier molecular flexibility index (Phi) is 7.45. The summed E-state index contributed by atoms with van der Waals surface area (Å²) in [5.74, 6) is 0.137. The zero-order valence-electron chi connectivity index (χ0n) is 23.6. The molecule has 11 heteroatoms. The molecule has 7 rings (SSSR count). The van der Waals surface area contributed by atoms with Gasteiger partial charge < -0.3 is 23.2 Å². The van der Waals surface area contributed by atoms with Crippen LogP contribution in [0.15, 0.2) is 77.7 Å². The van der Waals surface area contributed by atoms with Crippen molar-refractivity contribution in [2.24, 2.45) is 0 Å². The number of methoxy groups -OCH3 is 1. The molecule has 4 heterocycles. The van der Waals surface area contributed by atoms with Crippen LogP contribution >= 0.6 is 11.6 Å². The van der Waals surface area contributed by atoms with E-state index in [1.165, 1.54) is 19.4 Å². The van der Waals surface area contributed by atoms with Crippen molar-refractivity contribution in [3.05, 3.63) is 107 Å². The molecule has 9 nitrogen and oxygen atoms in total. The van der Waals surface area contributed by atoms with Crippen molar-refractivity contribution >= 4 is 39.6 Å². The quantitative estimate of drug-likeness (QED) is 0.165. The largest absolute Gasteiger partial charge is 0.472 e. The fourth-order valence-corrected chi connectivity index (χ4v) is 5.53. The van der Waals surface area contributed by atoms with Crippen LogP contribution in [0.1, 0.15) is 33.7 Å². The Morgan fingerprint density at radius 3 is 2.75 bits per heavy atom. The van der Waals surface area contributed by atoms with Crippen molar-refractivity contribution in [1.82, 2.24) is 19.5 Å². The van der Waals surface area contributed by atoms with Crippen molar-refractivity contribution in [2.45, 2.75) is 32.1 Å². The highest BCUT2D eigenvalue weighted by molar-refractivity contribution is 6.35. The zero-order chi connectivity index (χ0) is 30.2. The van der Waals surface area contributed by atoms with Gasteiger partial charge in [-0.2, -0.15) is 0 Å². The van der Waals surface area contributed by atoms with Gasteiger partial charge in [0.1, 0.15) is 23.8 Å². The summed E-state index contributed by atoms with van der Waals surface area (Å²) in [6, 6.07) is 15.6. The van der Waals surface area contributed by atoms with E-state index >= 15 is 4.39 Å². The number of nitrogens with zero attached hydrogens (tertiary/aromatic N) is 4. The third-order valence-electron chi connectivity index (χ3n) is 7.76. The minimum Gasteiger partial charge on any atom is -0.472 e. The zero-order valence-corrected chi connectivity index (χ0v) is 24.4. The van der Waals surface area contributed by atoms with Gasteiger partial charge in [0.2, 0.25) is 5.88 Å². The molecule has 3 aromatic heterocycles. The average Bonchev–Trinajstić information content (AvgIpc) is 3.65. The molecule has 0 spiro atoms. The van der Waals surface area contributed by atoms with E-state index in [1.807, 2.05) is 10.6 Å². The molecule has 0 unspecified atom stereocenters.